The number of amidine groups is 1. The van der Waals surface area contributed by atoms with Crippen LogP contribution in [0.25, 0.3) is 0 Å². The van der Waals surface area contributed by atoms with Gasteiger partial charge < -0.3 is 4.90 Å². The Hall–Kier alpha value is -1.81. The zero-order valence-electron chi connectivity index (χ0n) is 13.5. The van der Waals surface area contributed by atoms with E-state index in [1.54, 1.807) is 0 Å². The number of hydrogen-bond donors (Lipinski definition) is 0. The summed E-state index contributed by atoms with van der Waals surface area (Å²) in [5, 5.41) is 1.20. The van der Waals surface area contributed by atoms with E-state index in [2.05, 4.69) is 60.1 Å². The van der Waals surface area contributed by atoms with E-state index < -0.39 is 0 Å². The van der Waals surface area contributed by atoms with Gasteiger partial charge in [0, 0.05) is 18.0 Å². The van der Waals surface area contributed by atoms with Crippen LogP contribution in [0.3, 0.4) is 0 Å². The molecule has 0 N–H and O–H groups in total. The number of pyridine rings is 1. The number of benzene rings is 1. The second-order valence-corrected chi connectivity index (χ2v) is 7.18. The lowest BCUT2D eigenvalue weighted by Crippen LogP contribution is -2.35. The van der Waals surface area contributed by atoms with Crippen molar-refractivity contribution in [1.82, 2.24) is 9.88 Å². The molecular weight excluding hydrogens is 302 g/mol. The predicted octanol–water partition coefficient (Wildman–Crippen LogP) is 4.37. The molecule has 3 atom stereocenters. The van der Waals surface area contributed by atoms with Gasteiger partial charge in [0.05, 0.1) is 11.7 Å². The highest BCUT2D eigenvalue weighted by Crippen LogP contribution is 2.48. The Morgan fingerprint density at radius 2 is 2.00 bits per heavy atom. The van der Waals surface area contributed by atoms with Crippen molar-refractivity contribution in [2.24, 2.45) is 4.99 Å². The Kier molecular flexibility index (Phi) is 3.85. The van der Waals surface area contributed by atoms with Gasteiger partial charge in [-0.1, -0.05) is 49.0 Å². The van der Waals surface area contributed by atoms with E-state index in [1.807, 2.05) is 24.0 Å². The highest BCUT2D eigenvalue weighted by Gasteiger charge is 2.45. The lowest BCUT2D eigenvalue weighted by Gasteiger charge is -2.32. The van der Waals surface area contributed by atoms with Crippen LogP contribution in [0.15, 0.2) is 53.7 Å². The maximum atomic E-state index is 5.06. The molecule has 1 saturated heterocycles. The van der Waals surface area contributed by atoms with Gasteiger partial charge in [0.15, 0.2) is 5.17 Å². The molecule has 0 bridgehead atoms. The van der Waals surface area contributed by atoms with Crippen LogP contribution in [0.2, 0.25) is 0 Å². The maximum absolute atomic E-state index is 5.06. The van der Waals surface area contributed by atoms with Crippen molar-refractivity contribution in [1.29, 1.82) is 0 Å². The molecule has 2 aromatic rings. The van der Waals surface area contributed by atoms with Gasteiger partial charge in [-0.25, -0.2) is 0 Å². The third-order valence-electron chi connectivity index (χ3n) is 4.84. The molecule has 0 unspecified atom stereocenters. The fourth-order valence-corrected chi connectivity index (χ4v) is 4.94. The minimum absolute atomic E-state index is 0.0918. The number of aryl methyl sites for hydroxylation is 1. The molecule has 3 nitrogen and oxygen atoms in total. The molecule has 4 heteroatoms. The minimum atomic E-state index is 0.0918. The van der Waals surface area contributed by atoms with Crippen LogP contribution < -0.4 is 0 Å². The lowest BCUT2D eigenvalue weighted by molar-refractivity contribution is 0.254. The summed E-state index contributed by atoms with van der Waals surface area (Å²) >= 11 is 1.90. The molecule has 2 aliphatic heterocycles. The maximum Gasteiger partial charge on any atom is 0.160 e. The number of aromatic nitrogens is 1. The largest absolute Gasteiger partial charge is 0.338 e. The molecule has 1 aromatic heterocycles. The third kappa shape index (κ3) is 2.45. The average molecular weight is 323 g/mol. The lowest BCUT2D eigenvalue weighted by atomic mass is 9.92. The summed E-state index contributed by atoms with van der Waals surface area (Å²) in [4.78, 5) is 12.2. The first-order valence-corrected chi connectivity index (χ1v) is 9.23. The topological polar surface area (TPSA) is 28.5 Å². The van der Waals surface area contributed by atoms with Crippen LogP contribution in [0.1, 0.15) is 42.2 Å². The standard InChI is InChI=1S/C19H21N3S/c1-3-14-12-23-19-21-17(16-10-6-7-11-20-16)18(22(14)19)15-9-5-4-8-13(15)2/h4-11,14,17-18H,3,12H2,1-2H3/t14-,17+,18+/m1/s1. The summed E-state index contributed by atoms with van der Waals surface area (Å²) in [5.74, 6) is 1.15. The van der Waals surface area contributed by atoms with Crippen LogP contribution in [-0.2, 0) is 0 Å². The van der Waals surface area contributed by atoms with Gasteiger partial charge in [-0.3, -0.25) is 9.98 Å². The van der Waals surface area contributed by atoms with Crippen molar-refractivity contribution in [3.63, 3.8) is 0 Å². The van der Waals surface area contributed by atoms with E-state index in [1.165, 1.54) is 16.3 Å². The SMILES string of the molecule is CC[C@@H]1CSC2=N[C@@H](c3ccccn3)[C@H](c3ccccc3C)N21. The molecule has 3 heterocycles. The Morgan fingerprint density at radius 3 is 2.74 bits per heavy atom. The predicted molar refractivity (Wildman–Crippen MR) is 96.7 cm³/mol. The highest BCUT2D eigenvalue weighted by atomic mass is 32.2. The smallest absolute Gasteiger partial charge is 0.160 e. The summed E-state index contributed by atoms with van der Waals surface area (Å²) in [6.45, 7) is 4.48. The Bertz CT molecular complexity index is 728. The quantitative estimate of drug-likeness (QED) is 0.840. The first-order chi connectivity index (χ1) is 11.3. The van der Waals surface area contributed by atoms with E-state index in [9.17, 15) is 0 Å². The molecule has 118 valence electrons. The van der Waals surface area contributed by atoms with Crippen molar-refractivity contribution in [2.75, 3.05) is 5.75 Å². The summed E-state index contributed by atoms with van der Waals surface area (Å²) < 4.78 is 0. The average Bonchev–Trinajstić information content (AvgIpc) is 3.15. The molecule has 4 rings (SSSR count). The molecule has 23 heavy (non-hydrogen) atoms. The van der Waals surface area contributed by atoms with Crippen molar-refractivity contribution in [3.8, 4) is 0 Å². The summed E-state index contributed by atoms with van der Waals surface area (Å²) in [6, 6.07) is 15.8. The van der Waals surface area contributed by atoms with Crippen LogP contribution in [0, 0.1) is 6.92 Å². The number of aliphatic imine (C=N–C) groups is 1. The molecule has 0 saturated carbocycles. The van der Waals surface area contributed by atoms with Crippen LogP contribution in [0.4, 0.5) is 0 Å². The second-order valence-electron chi connectivity index (χ2n) is 6.19. The summed E-state index contributed by atoms with van der Waals surface area (Å²) in [5.41, 5.74) is 3.78. The van der Waals surface area contributed by atoms with Gasteiger partial charge in [0.1, 0.15) is 6.04 Å². The number of hydrogen-bond acceptors (Lipinski definition) is 4. The first-order valence-electron chi connectivity index (χ1n) is 8.25. The first kappa shape index (κ1) is 14.8. The van der Waals surface area contributed by atoms with E-state index >= 15 is 0 Å². The number of fused-ring (bicyclic) bond motifs is 1. The zero-order chi connectivity index (χ0) is 15.8. The van der Waals surface area contributed by atoms with Gasteiger partial charge in [0.25, 0.3) is 0 Å². The van der Waals surface area contributed by atoms with E-state index in [0.717, 1.165) is 17.9 Å². The van der Waals surface area contributed by atoms with E-state index in [0.29, 0.717) is 6.04 Å². The summed E-state index contributed by atoms with van der Waals surface area (Å²) in [7, 11) is 0. The Morgan fingerprint density at radius 1 is 1.17 bits per heavy atom. The van der Waals surface area contributed by atoms with E-state index in [4.69, 9.17) is 4.99 Å². The van der Waals surface area contributed by atoms with Crippen LogP contribution in [-0.4, -0.2) is 26.8 Å². The van der Waals surface area contributed by atoms with Gasteiger partial charge >= 0.3 is 0 Å². The van der Waals surface area contributed by atoms with Crippen molar-refractivity contribution in [2.45, 2.75) is 38.4 Å². The molecule has 0 radical (unpaired) electrons. The third-order valence-corrected chi connectivity index (χ3v) is 5.96. The molecule has 0 amide bonds. The molecular formula is C19H21N3S. The van der Waals surface area contributed by atoms with Crippen molar-refractivity contribution >= 4 is 16.9 Å². The Balaban J connectivity index is 1.82. The second kappa shape index (κ2) is 6.00. The fourth-order valence-electron chi connectivity index (χ4n) is 3.61. The van der Waals surface area contributed by atoms with Crippen LogP contribution in [0.5, 0.6) is 0 Å². The van der Waals surface area contributed by atoms with Crippen molar-refractivity contribution in [3.05, 3.63) is 65.5 Å². The molecule has 0 aliphatic carbocycles. The fraction of sp³-hybridized carbons (Fsp3) is 0.368. The minimum Gasteiger partial charge on any atom is -0.338 e. The highest BCUT2D eigenvalue weighted by molar-refractivity contribution is 8.14. The van der Waals surface area contributed by atoms with Gasteiger partial charge in [0.2, 0.25) is 0 Å². The molecule has 1 fully saturated rings. The Labute approximate surface area is 141 Å². The van der Waals surface area contributed by atoms with Gasteiger partial charge in [-0.2, -0.15) is 0 Å². The molecule has 2 aliphatic rings. The summed E-state index contributed by atoms with van der Waals surface area (Å²) in [6.07, 6.45) is 3.03. The molecule has 1 aromatic carbocycles. The van der Waals surface area contributed by atoms with E-state index in [-0.39, 0.29) is 12.1 Å². The molecule has 0 spiro atoms. The van der Waals surface area contributed by atoms with Gasteiger partial charge in [-0.15, -0.1) is 0 Å². The van der Waals surface area contributed by atoms with Crippen molar-refractivity contribution < 1.29 is 0 Å². The number of nitrogens with zero attached hydrogens (tertiary/aromatic N) is 3. The number of rotatable bonds is 3. The normalized spacial score (nSPS) is 26.3. The number of thioether (sulfide) groups is 1. The van der Waals surface area contributed by atoms with Crippen LogP contribution >= 0.6 is 11.8 Å². The zero-order valence-corrected chi connectivity index (χ0v) is 14.3. The monoisotopic (exact) mass is 323 g/mol. The van der Waals surface area contributed by atoms with Gasteiger partial charge in [-0.05, 0) is 36.6 Å².